The Bertz CT molecular complexity index is 1080. The summed E-state index contributed by atoms with van der Waals surface area (Å²) >= 11 is 3.33. The first-order chi connectivity index (χ1) is 16.4. The maximum atomic E-state index is 13.2. The highest BCUT2D eigenvalue weighted by Crippen LogP contribution is 2.20. The van der Waals surface area contributed by atoms with Gasteiger partial charge in [0.05, 0.1) is 11.4 Å². The molecule has 35 heavy (non-hydrogen) atoms. The third-order valence-electron chi connectivity index (χ3n) is 4.97. The fourth-order valence-electron chi connectivity index (χ4n) is 3.10. The predicted octanol–water partition coefficient (Wildman–Crippen LogP) is 2.75. The number of alkyl halides is 3. The number of carbonyl (C=O) groups is 2. The topological polar surface area (TPSA) is 107 Å². The van der Waals surface area contributed by atoms with E-state index >= 15 is 0 Å². The van der Waals surface area contributed by atoms with E-state index in [2.05, 4.69) is 21.2 Å². The number of aliphatic carboxylic acids is 1. The van der Waals surface area contributed by atoms with Gasteiger partial charge >= 0.3 is 12.1 Å². The molecule has 0 spiro atoms. The number of halogens is 4. The maximum absolute atomic E-state index is 13.2. The van der Waals surface area contributed by atoms with Crippen molar-refractivity contribution in [2.75, 3.05) is 39.3 Å². The standard InChI is InChI=1S/C20H24BrN3O3S.C2HF3O2/c21-18-6-8-19(9-7-18)28(26,27)24(13-10-17-4-2-1-3-5-17)16-20(25)23-14-11-22-12-15-23;3-2(4,5)1(6)7/h1-9,22H,10-16H2;(H,6,7). The minimum Gasteiger partial charge on any atom is -0.475 e. The molecule has 2 aromatic rings. The zero-order valence-corrected chi connectivity index (χ0v) is 20.9. The zero-order valence-electron chi connectivity index (χ0n) is 18.5. The van der Waals surface area contributed by atoms with Crippen LogP contribution in [0.2, 0.25) is 0 Å². The average molecular weight is 580 g/mol. The molecule has 1 saturated heterocycles. The molecule has 1 aliphatic heterocycles. The number of piperazine rings is 1. The molecule has 1 fully saturated rings. The molecule has 0 radical (unpaired) electrons. The Balaban J connectivity index is 0.000000540. The summed E-state index contributed by atoms with van der Waals surface area (Å²) in [5.41, 5.74) is 1.04. The number of hydrogen-bond donors (Lipinski definition) is 2. The number of rotatable bonds is 7. The van der Waals surface area contributed by atoms with Crippen LogP contribution in [0.1, 0.15) is 5.56 Å². The zero-order chi connectivity index (χ0) is 26.1. The van der Waals surface area contributed by atoms with Crippen LogP contribution in [0.5, 0.6) is 0 Å². The van der Waals surface area contributed by atoms with Gasteiger partial charge in [-0.1, -0.05) is 46.3 Å². The summed E-state index contributed by atoms with van der Waals surface area (Å²) in [5.74, 6) is -2.91. The predicted molar refractivity (Wildman–Crippen MR) is 126 cm³/mol. The molecule has 8 nitrogen and oxygen atoms in total. The number of sulfonamides is 1. The fraction of sp³-hybridized carbons (Fsp3) is 0.364. The summed E-state index contributed by atoms with van der Waals surface area (Å²) in [4.78, 5) is 23.5. The molecule has 1 aliphatic rings. The minimum atomic E-state index is -5.08. The third kappa shape index (κ3) is 9.24. The van der Waals surface area contributed by atoms with Gasteiger partial charge in [-0.15, -0.1) is 0 Å². The summed E-state index contributed by atoms with van der Waals surface area (Å²) in [6.07, 6.45) is -4.54. The van der Waals surface area contributed by atoms with E-state index in [1.165, 1.54) is 4.31 Å². The van der Waals surface area contributed by atoms with Gasteiger partial charge in [-0.2, -0.15) is 17.5 Å². The van der Waals surface area contributed by atoms with Gasteiger partial charge in [0.2, 0.25) is 15.9 Å². The van der Waals surface area contributed by atoms with Crippen molar-refractivity contribution >= 4 is 37.8 Å². The number of carboxylic acid groups (broad SMARTS) is 1. The normalized spacial score (nSPS) is 14.3. The van der Waals surface area contributed by atoms with Crippen LogP contribution in [0.15, 0.2) is 64.0 Å². The van der Waals surface area contributed by atoms with E-state index in [1.54, 1.807) is 29.2 Å². The van der Waals surface area contributed by atoms with Gasteiger partial charge in [0.1, 0.15) is 0 Å². The van der Waals surface area contributed by atoms with Crippen LogP contribution in [0.25, 0.3) is 0 Å². The van der Waals surface area contributed by atoms with Crippen molar-refractivity contribution in [3.05, 3.63) is 64.6 Å². The number of nitrogens with zero attached hydrogens (tertiary/aromatic N) is 2. The lowest BCUT2D eigenvalue weighted by molar-refractivity contribution is -0.192. The molecular formula is C22H25BrF3N3O5S. The second kappa shape index (κ2) is 13.0. The lowest BCUT2D eigenvalue weighted by atomic mass is 10.1. The summed E-state index contributed by atoms with van der Waals surface area (Å²) in [6.45, 7) is 2.77. The molecule has 0 aromatic heterocycles. The smallest absolute Gasteiger partial charge is 0.475 e. The Morgan fingerprint density at radius 1 is 1.03 bits per heavy atom. The number of nitrogens with one attached hydrogen (secondary N) is 1. The third-order valence-corrected chi connectivity index (χ3v) is 7.36. The van der Waals surface area contributed by atoms with Gasteiger partial charge in [-0.05, 0) is 36.2 Å². The van der Waals surface area contributed by atoms with E-state index < -0.39 is 22.2 Å². The molecule has 1 amide bonds. The van der Waals surface area contributed by atoms with Crippen LogP contribution >= 0.6 is 15.9 Å². The molecule has 0 aliphatic carbocycles. The highest BCUT2D eigenvalue weighted by molar-refractivity contribution is 9.10. The maximum Gasteiger partial charge on any atom is 0.490 e. The lowest BCUT2D eigenvalue weighted by Gasteiger charge is -2.30. The summed E-state index contributed by atoms with van der Waals surface area (Å²) < 4.78 is 60.3. The molecule has 2 aromatic carbocycles. The summed E-state index contributed by atoms with van der Waals surface area (Å²) in [5, 5.41) is 10.3. The Morgan fingerprint density at radius 2 is 1.57 bits per heavy atom. The molecule has 0 bridgehead atoms. The van der Waals surface area contributed by atoms with Gasteiger partial charge in [-0.3, -0.25) is 4.79 Å². The largest absolute Gasteiger partial charge is 0.490 e. The molecule has 13 heteroatoms. The van der Waals surface area contributed by atoms with Gasteiger partial charge in [-0.25, -0.2) is 13.2 Å². The van der Waals surface area contributed by atoms with Crippen LogP contribution in [0, 0.1) is 0 Å². The fourth-order valence-corrected chi connectivity index (χ4v) is 4.76. The van der Waals surface area contributed by atoms with Crippen LogP contribution in [-0.2, 0) is 26.0 Å². The number of carboxylic acids is 1. The molecule has 0 saturated carbocycles. The SMILES string of the molecule is O=C(CN(CCc1ccccc1)S(=O)(=O)c1ccc(Br)cc1)N1CCNCC1.O=C(O)C(F)(F)F. The van der Waals surface area contributed by atoms with Crippen LogP contribution in [0.4, 0.5) is 13.2 Å². The van der Waals surface area contributed by atoms with E-state index in [0.717, 1.165) is 23.1 Å². The number of hydrogen-bond acceptors (Lipinski definition) is 5. The van der Waals surface area contributed by atoms with E-state index in [-0.39, 0.29) is 23.9 Å². The first kappa shape index (κ1) is 28.8. The van der Waals surface area contributed by atoms with Gasteiger partial charge in [0.15, 0.2) is 0 Å². The van der Waals surface area contributed by atoms with Crippen molar-refractivity contribution in [1.29, 1.82) is 0 Å². The highest BCUT2D eigenvalue weighted by Gasteiger charge is 2.38. The molecule has 192 valence electrons. The monoisotopic (exact) mass is 579 g/mol. The minimum absolute atomic E-state index is 0.148. The van der Waals surface area contributed by atoms with Crippen LogP contribution < -0.4 is 5.32 Å². The van der Waals surface area contributed by atoms with Crippen molar-refractivity contribution in [3.8, 4) is 0 Å². The van der Waals surface area contributed by atoms with Crippen molar-refractivity contribution in [3.63, 3.8) is 0 Å². The molecule has 0 atom stereocenters. The summed E-state index contributed by atoms with van der Waals surface area (Å²) in [7, 11) is -3.77. The first-order valence-corrected chi connectivity index (χ1v) is 12.7. The van der Waals surface area contributed by atoms with Gasteiger partial charge in [0.25, 0.3) is 0 Å². The van der Waals surface area contributed by atoms with Gasteiger partial charge < -0.3 is 15.3 Å². The van der Waals surface area contributed by atoms with Crippen molar-refractivity contribution in [1.82, 2.24) is 14.5 Å². The van der Waals surface area contributed by atoms with E-state index in [0.29, 0.717) is 19.5 Å². The van der Waals surface area contributed by atoms with E-state index in [1.807, 2.05) is 30.3 Å². The number of benzene rings is 2. The second-order valence-electron chi connectivity index (χ2n) is 7.46. The molecular weight excluding hydrogens is 555 g/mol. The summed E-state index contributed by atoms with van der Waals surface area (Å²) in [6, 6.07) is 16.2. The van der Waals surface area contributed by atoms with Gasteiger partial charge in [0, 0.05) is 37.2 Å². The number of carbonyl (C=O) groups excluding carboxylic acids is 1. The molecule has 0 unspecified atom stereocenters. The average Bonchev–Trinajstić information content (AvgIpc) is 2.82. The lowest BCUT2D eigenvalue weighted by Crippen LogP contribution is -2.50. The van der Waals surface area contributed by atoms with Crippen molar-refractivity contribution in [2.45, 2.75) is 17.5 Å². The molecule has 2 N–H and O–H groups in total. The Hall–Kier alpha value is -2.48. The first-order valence-electron chi connectivity index (χ1n) is 10.5. The van der Waals surface area contributed by atoms with Crippen molar-refractivity contribution < 1.29 is 36.3 Å². The highest BCUT2D eigenvalue weighted by atomic mass is 79.9. The molecule has 3 rings (SSSR count). The Morgan fingerprint density at radius 3 is 2.09 bits per heavy atom. The van der Waals surface area contributed by atoms with Crippen molar-refractivity contribution in [2.24, 2.45) is 0 Å². The Kier molecular flexibility index (Phi) is 10.7. The van der Waals surface area contributed by atoms with E-state index in [9.17, 15) is 26.4 Å². The molecule has 1 heterocycles. The van der Waals surface area contributed by atoms with E-state index in [4.69, 9.17) is 9.90 Å². The second-order valence-corrected chi connectivity index (χ2v) is 10.3. The quantitative estimate of drug-likeness (QED) is 0.522. The van der Waals surface area contributed by atoms with Crippen LogP contribution in [-0.4, -0.2) is 80.1 Å². The Labute approximate surface area is 209 Å². The van der Waals surface area contributed by atoms with Crippen LogP contribution in [0.3, 0.4) is 0 Å². The number of amides is 1.